The first-order valence-corrected chi connectivity index (χ1v) is 7.22. The van der Waals surface area contributed by atoms with E-state index in [9.17, 15) is 0 Å². The van der Waals surface area contributed by atoms with Crippen LogP contribution in [0.3, 0.4) is 0 Å². The Morgan fingerprint density at radius 2 is 2.16 bits per heavy atom. The average Bonchev–Trinajstić information content (AvgIpc) is 2.40. The quantitative estimate of drug-likeness (QED) is 0.850. The Kier molecular flexibility index (Phi) is 7.21. The van der Waals surface area contributed by atoms with Crippen LogP contribution in [0.2, 0.25) is 5.02 Å². The minimum Gasteiger partial charge on any atom is -0.491 e. The average molecular weight is 286 g/mol. The van der Waals surface area contributed by atoms with E-state index in [4.69, 9.17) is 21.1 Å². The van der Waals surface area contributed by atoms with Crippen molar-refractivity contribution in [2.45, 2.75) is 26.9 Å². The number of nitrogens with zero attached hydrogens (tertiary/aromatic N) is 1. The Balaban J connectivity index is 0.000000861. The lowest BCUT2D eigenvalue weighted by Gasteiger charge is -2.30. The summed E-state index contributed by atoms with van der Waals surface area (Å²) in [6.45, 7) is 9.29. The molecule has 0 aromatic heterocycles. The molecule has 1 atom stereocenters. The molecule has 1 aromatic rings. The fourth-order valence-corrected chi connectivity index (χ4v) is 2.15. The lowest BCUT2D eigenvalue weighted by Crippen LogP contribution is -2.42. The molecule has 1 unspecified atom stereocenters. The summed E-state index contributed by atoms with van der Waals surface area (Å²) in [4.78, 5) is 2.26. The zero-order valence-corrected chi connectivity index (χ0v) is 13.0. The van der Waals surface area contributed by atoms with Gasteiger partial charge in [-0.25, -0.2) is 0 Å². The molecule has 0 saturated carbocycles. The third-order valence-electron chi connectivity index (χ3n) is 2.90. The van der Waals surface area contributed by atoms with E-state index in [1.54, 1.807) is 0 Å². The number of halogens is 1. The van der Waals surface area contributed by atoms with Crippen LogP contribution in [-0.4, -0.2) is 44.4 Å². The highest BCUT2D eigenvalue weighted by molar-refractivity contribution is 6.30. The molecule has 3 nitrogen and oxygen atoms in total. The highest BCUT2D eigenvalue weighted by atomic mass is 35.5. The van der Waals surface area contributed by atoms with Crippen LogP contribution in [-0.2, 0) is 4.74 Å². The highest BCUT2D eigenvalue weighted by Gasteiger charge is 2.18. The van der Waals surface area contributed by atoms with E-state index in [0.717, 1.165) is 36.0 Å². The number of aryl methyl sites for hydroxylation is 1. The van der Waals surface area contributed by atoms with Crippen molar-refractivity contribution in [3.63, 3.8) is 0 Å². The van der Waals surface area contributed by atoms with Gasteiger partial charge in [0.15, 0.2) is 0 Å². The lowest BCUT2D eigenvalue weighted by molar-refractivity contribution is -0.0404. The summed E-state index contributed by atoms with van der Waals surface area (Å²) in [6, 6.07) is 5.66. The summed E-state index contributed by atoms with van der Waals surface area (Å²) in [5.41, 5.74) is 1.06. The number of benzene rings is 1. The highest BCUT2D eigenvalue weighted by Crippen LogP contribution is 2.22. The molecule has 0 amide bonds. The topological polar surface area (TPSA) is 21.7 Å². The van der Waals surface area contributed by atoms with Gasteiger partial charge in [0.05, 0.1) is 6.61 Å². The zero-order valence-electron chi connectivity index (χ0n) is 12.3. The molecule has 0 spiro atoms. The minimum atomic E-state index is 0.156. The summed E-state index contributed by atoms with van der Waals surface area (Å²) in [6.07, 6.45) is 0.156. The number of hydrogen-bond donors (Lipinski definition) is 0. The smallest absolute Gasteiger partial charge is 0.122 e. The summed E-state index contributed by atoms with van der Waals surface area (Å²) >= 11 is 5.90. The van der Waals surface area contributed by atoms with Gasteiger partial charge in [0, 0.05) is 18.1 Å². The molecular formula is C15H24ClNO2. The predicted octanol–water partition coefficient (Wildman–Crippen LogP) is 3.38. The Labute approximate surface area is 121 Å². The Morgan fingerprint density at radius 3 is 2.79 bits per heavy atom. The van der Waals surface area contributed by atoms with Crippen LogP contribution >= 0.6 is 11.6 Å². The summed E-state index contributed by atoms with van der Waals surface area (Å²) < 4.78 is 11.4. The van der Waals surface area contributed by atoms with Crippen molar-refractivity contribution in [3.8, 4) is 5.75 Å². The van der Waals surface area contributed by atoms with Crippen LogP contribution < -0.4 is 4.74 Å². The van der Waals surface area contributed by atoms with Crippen molar-refractivity contribution in [1.82, 2.24) is 4.90 Å². The van der Waals surface area contributed by atoms with Gasteiger partial charge in [0.1, 0.15) is 18.5 Å². The van der Waals surface area contributed by atoms with Gasteiger partial charge < -0.3 is 14.4 Å². The standard InChI is InChI=1S/C13H18ClNO2.C2H6/c1-10-7-11(14)3-4-13(10)17-9-12-8-15(2)5-6-16-12;1-2/h3-4,7,12H,5-6,8-9H2,1-2H3;1-2H3. The molecule has 0 N–H and O–H groups in total. The van der Waals surface area contributed by atoms with Crippen LogP contribution in [0.1, 0.15) is 19.4 Å². The van der Waals surface area contributed by atoms with Crippen molar-refractivity contribution in [2.75, 3.05) is 33.4 Å². The molecular weight excluding hydrogens is 262 g/mol. The second kappa shape index (κ2) is 8.41. The van der Waals surface area contributed by atoms with Crippen LogP contribution in [0.5, 0.6) is 5.75 Å². The first-order valence-electron chi connectivity index (χ1n) is 6.84. The number of ether oxygens (including phenoxy) is 2. The van der Waals surface area contributed by atoms with Gasteiger partial charge in [-0.15, -0.1) is 0 Å². The Bertz CT molecular complexity index is 384. The maximum absolute atomic E-state index is 5.90. The number of likely N-dealkylation sites (N-methyl/N-ethyl adjacent to an activating group) is 1. The van der Waals surface area contributed by atoms with E-state index in [0.29, 0.717) is 6.61 Å². The lowest BCUT2D eigenvalue weighted by atomic mass is 10.2. The summed E-state index contributed by atoms with van der Waals surface area (Å²) in [5.74, 6) is 0.881. The van der Waals surface area contributed by atoms with Gasteiger partial charge in [-0.3, -0.25) is 0 Å². The second-order valence-corrected chi connectivity index (χ2v) is 4.91. The van der Waals surface area contributed by atoms with Crippen molar-refractivity contribution < 1.29 is 9.47 Å². The predicted molar refractivity (Wildman–Crippen MR) is 80.3 cm³/mol. The fraction of sp³-hybridized carbons (Fsp3) is 0.600. The van der Waals surface area contributed by atoms with E-state index >= 15 is 0 Å². The molecule has 1 aliphatic heterocycles. The van der Waals surface area contributed by atoms with Crippen LogP contribution in [0, 0.1) is 6.92 Å². The van der Waals surface area contributed by atoms with Crippen molar-refractivity contribution in [1.29, 1.82) is 0 Å². The SMILES string of the molecule is CC.Cc1cc(Cl)ccc1OCC1CN(C)CCO1. The Hall–Kier alpha value is -0.770. The van der Waals surface area contributed by atoms with E-state index in [1.807, 2.05) is 39.0 Å². The maximum atomic E-state index is 5.90. The van der Waals surface area contributed by atoms with Crippen molar-refractivity contribution in [2.24, 2.45) is 0 Å². The largest absolute Gasteiger partial charge is 0.491 e. The summed E-state index contributed by atoms with van der Waals surface area (Å²) in [5, 5.41) is 0.739. The van der Waals surface area contributed by atoms with Crippen LogP contribution in [0.4, 0.5) is 0 Å². The number of rotatable bonds is 3. The molecule has 0 bridgehead atoms. The monoisotopic (exact) mass is 285 g/mol. The molecule has 4 heteroatoms. The molecule has 1 aromatic carbocycles. The van der Waals surface area contributed by atoms with Crippen molar-refractivity contribution in [3.05, 3.63) is 28.8 Å². The molecule has 1 aliphatic rings. The molecule has 1 fully saturated rings. The van der Waals surface area contributed by atoms with E-state index < -0.39 is 0 Å². The first kappa shape index (κ1) is 16.3. The molecule has 2 rings (SSSR count). The van der Waals surface area contributed by atoms with Gasteiger partial charge in [-0.2, -0.15) is 0 Å². The molecule has 1 saturated heterocycles. The van der Waals surface area contributed by atoms with E-state index in [2.05, 4.69) is 11.9 Å². The van der Waals surface area contributed by atoms with Gasteiger partial charge in [0.2, 0.25) is 0 Å². The zero-order chi connectivity index (χ0) is 14.3. The van der Waals surface area contributed by atoms with E-state index in [-0.39, 0.29) is 6.10 Å². The minimum absolute atomic E-state index is 0.156. The molecule has 1 heterocycles. The van der Waals surface area contributed by atoms with Crippen LogP contribution in [0.15, 0.2) is 18.2 Å². The van der Waals surface area contributed by atoms with Crippen molar-refractivity contribution >= 4 is 11.6 Å². The Morgan fingerprint density at radius 1 is 1.42 bits per heavy atom. The molecule has 19 heavy (non-hydrogen) atoms. The number of hydrogen-bond acceptors (Lipinski definition) is 3. The maximum Gasteiger partial charge on any atom is 0.122 e. The van der Waals surface area contributed by atoms with Crippen LogP contribution in [0.25, 0.3) is 0 Å². The number of morpholine rings is 1. The molecule has 108 valence electrons. The molecule has 0 aliphatic carbocycles. The molecule has 0 radical (unpaired) electrons. The van der Waals surface area contributed by atoms with Gasteiger partial charge >= 0.3 is 0 Å². The second-order valence-electron chi connectivity index (χ2n) is 4.48. The van der Waals surface area contributed by atoms with Gasteiger partial charge in [-0.1, -0.05) is 25.4 Å². The third-order valence-corrected chi connectivity index (χ3v) is 3.14. The third kappa shape index (κ3) is 5.39. The fourth-order valence-electron chi connectivity index (χ4n) is 1.93. The first-order chi connectivity index (χ1) is 9.15. The van der Waals surface area contributed by atoms with Gasteiger partial charge in [0.25, 0.3) is 0 Å². The van der Waals surface area contributed by atoms with E-state index in [1.165, 1.54) is 0 Å². The van der Waals surface area contributed by atoms with Gasteiger partial charge in [-0.05, 0) is 37.7 Å². The summed E-state index contributed by atoms with van der Waals surface area (Å²) in [7, 11) is 2.10. The normalized spacial score (nSPS) is 19.5.